The van der Waals surface area contributed by atoms with Crippen LogP contribution in [-0.2, 0) is 9.53 Å². The maximum Gasteiger partial charge on any atom is 0.327 e. The lowest BCUT2D eigenvalue weighted by Gasteiger charge is -2.16. The number of hydrogen-bond acceptors (Lipinski definition) is 4. The molecule has 96 valence electrons. The SMILES string of the molecule is COC(=O)C(NCCN=[N+]=[N-])c1cccc(C)c1. The van der Waals surface area contributed by atoms with Gasteiger partial charge in [0.05, 0.1) is 7.11 Å². The monoisotopic (exact) mass is 248 g/mol. The van der Waals surface area contributed by atoms with Crippen LogP contribution < -0.4 is 5.32 Å². The van der Waals surface area contributed by atoms with Crippen molar-refractivity contribution in [1.29, 1.82) is 0 Å². The van der Waals surface area contributed by atoms with Gasteiger partial charge in [-0.15, -0.1) is 0 Å². The molecule has 0 aromatic heterocycles. The van der Waals surface area contributed by atoms with Crippen molar-refractivity contribution >= 4 is 5.97 Å². The average Bonchev–Trinajstić information content (AvgIpc) is 2.38. The Morgan fingerprint density at radius 2 is 2.39 bits per heavy atom. The van der Waals surface area contributed by atoms with E-state index >= 15 is 0 Å². The highest BCUT2D eigenvalue weighted by Crippen LogP contribution is 2.15. The van der Waals surface area contributed by atoms with Crippen molar-refractivity contribution in [1.82, 2.24) is 5.32 Å². The second-order valence-corrected chi connectivity index (χ2v) is 3.78. The molecule has 1 N–H and O–H groups in total. The smallest absolute Gasteiger partial charge is 0.327 e. The van der Waals surface area contributed by atoms with E-state index < -0.39 is 6.04 Å². The van der Waals surface area contributed by atoms with E-state index in [1.807, 2.05) is 31.2 Å². The Hall–Kier alpha value is -2.04. The van der Waals surface area contributed by atoms with Crippen LogP contribution in [0.4, 0.5) is 0 Å². The lowest BCUT2D eigenvalue weighted by Crippen LogP contribution is -2.31. The molecule has 6 heteroatoms. The van der Waals surface area contributed by atoms with Gasteiger partial charge in [-0.2, -0.15) is 0 Å². The Balaban J connectivity index is 2.78. The zero-order valence-corrected chi connectivity index (χ0v) is 10.5. The molecule has 0 amide bonds. The Bertz CT molecular complexity index is 455. The van der Waals surface area contributed by atoms with Crippen LogP contribution in [-0.4, -0.2) is 26.2 Å². The molecule has 0 spiro atoms. The lowest BCUT2D eigenvalue weighted by atomic mass is 10.0. The fourth-order valence-electron chi connectivity index (χ4n) is 1.61. The largest absolute Gasteiger partial charge is 0.468 e. The van der Waals surface area contributed by atoms with Crippen LogP contribution in [0.1, 0.15) is 17.2 Å². The maximum atomic E-state index is 11.7. The first kappa shape index (κ1) is 14.0. The van der Waals surface area contributed by atoms with Crippen LogP contribution in [0.5, 0.6) is 0 Å². The van der Waals surface area contributed by atoms with Gasteiger partial charge in [0.2, 0.25) is 0 Å². The standard InChI is InChI=1S/C12H16N4O2/c1-9-4-3-5-10(8-9)11(12(17)18-2)14-6-7-15-16-13/h3-5,8,11,14H,6-7H2,1-2H3. The summed E-state index contributed by atoms with van der Waals surface area (Å²) in [4.78, 5) is 14.4. The number of methoxy groups -OCH3 is 1. The van der Waals surface area contributed by atoms with Gasteiger partial charge in [0.25, 0.3) is 0 Å². The third kappa shape index (κ3) is 4.08. The van der Waals surface area contributed by atoms with E-state index in [1.165, 1.54) is 7.11 Å². The summed E-state index contributed by atoms with van der Waals surface area (Å²) in [6.45, 7) is 2.66. The molecular weight excluding hydrogens is 232 g/mol. The molecule has 0 saturated carbocycles. The van der Waals surface area contributed by atoms with E-state index in [1.54, 1.807) is 0 Å². The van der Waals surface area contributed by atoms with E-state index in [9.17, 15) is 4.79 Å². The molecule has 1 aromatic carbocycles. The summed E-state index contributed by atoms with van der Waals surface area (Å²) >= 11 is 0. The summed E-state index contributed by atoms with van der Waals surface area (Å²) in [5.41, 5.74) is 10.1. The number of rotatable bonds is 6. The van der Waals surface area contributed by atoms with Crippen LogP contribution in [0.2, 0.25) is 0 Å². The number of azide groups is 1. The number of carbonyl (C=O) groups excluding carboxylic acids is 1. The van der Waals surface area contributed by atoms with Gasteiger partial charge in [-0.25, -0.2) is 4.79 Å². The van der Waals surface area contributed by atoms with Gasteiger partial charge in [0, 0.05) is 18.0 Å². The molecule has 6 nitrogen and oxygen atoms in total. The Morgan fingerprint density at radius 3 is 3.00 bits per heavy atom. The molecule has 0 heterocycles. The molecule has 1 atom stereocenters. The first-order chi connectivity index (χ1) is 8.69. The normalized spacial score (nSPS) is 11.4. The summed E-state index contributed by atoms with van der Waals surface area (Å²) < 4.78 is 4.76. The third-order valence-corrected chi connectivity index (χ3v) is 2.44. The molecule has 0 radical (unpaired) electrons. The van der Waals surface area contributed by atoms with Gasteiger partial charge in [0.15, 0.2) is 0 Å². The predicted octanol–water partition coefficient (Wildman–Crippen LogP) is 2.11. The van der Waals surface area contributed by atoms with Crippen molar-refractivity contribution in [3.63, 3.8) is 0 Å². The van der Waals surface area contributed by atoms with Gasteiger partial charge in [-0.05, 0) is 18.0 Å². The second-order valence-electron chi connectivity index (χ2n) is 3.78. The molecule has 0 fully saturated rings. The number of ether oxygens (including phenoxy) is 1. The van der Waals surface area contributed by atoms with Gasteiger partial charge >= 0.3 is 5.97 Å². The molecule has 0 bridgehead atoms. The van der Waals surface area contributed by atoms with Crippen molar-refractivity contribution in [2.45, 2.75) is 13.0 Å². The van der Waals surface area contributed by atoms with Crippen LogP contribution in [0.25, 0.3) is 10.4 Å². The minimum absolute atomic E-state index is 0.288. The van der Waals surface area contributed by atoms with Crippen molar-refractivity contribution in [3.05, 3.63) is 45.8 Å². The Morgan fingerprint density at radius 1 is 1.61 bits per heavy atom. The molecule has 0 aliphatic carbocycles. The van der Waals surface area contributed by atoms with Crippen molar-refractivity contribution < 1.29 is 9.53 Å². The van der Waals surface area contributed by atoms with Gasteiger partial charge in [-0.1, -0.05) is 34.9 Å². The fourth-order valence-corrected chi connectivity index (χ4v) is 1.61. The van der Waals surface area contributed by atoms with Crippen molar-refractivity contribution in [3.8, 4) is 0 Å². The average molecular weight is 248 g/mol. The Kier molecular flexibility index (Phi) is 5.70. The predicted molar refractivity (Wildman–Crippen MR) is 68.0 cm³/mol. The highest BCUT2D eigenvalue weighted by molar-refractivity contribution is 5.77. The molecule has 1 rings (SSSR count). The van der Waals surface area contributed by atoms with E-state index in [2.05, 4.69) is 15.3 Å². The van der Waals surface area contributed by atoms with Crippen LogP contribution in [0.15, 0.2) is 29.4 Å². The molecular formula is C12H16N4O2. The van der Waals surface area contributed by atoms with Crippen LogP contribution in [0, 0.1) is 6.92 Å². The number of hydrogen-bond donors (Lipinski definition) is 1. The number of carbonyl (C=O) groups is 1. The maximum absolute atomic E-state index is 11.7. The first-order valence-corrected chi connectivity index (χ1v) is 5.57. The number of nitrogens with one attached hydrogen (secondary N) is 1. The summed E-state index contributed by atoms with van der Waals surface area (Å²) in [5.74, 6) is -0.360. The van der Waals surface area contributed by atoms with Gasteiger partial charge in [0.1, 0.15) is 6.04 Å². The van der Waals surface area contributed by atoms with Gasteiger partial charge < -0.3 is 10.1 Å². The summed E-state index contributed by atoms with van der Waals surface area (Å²) in [5, 5.41) is 6.42. The Labute approximate surface area is 106 Å². The number of aryl methyl sites for hydroxylation is 1. The number of nitrogens with zero attached hydrogens (tertiary/aromatic N) is 3. The minimum Gasteiger partial charge on any atom is -0.468 e. The molecule has 1 unspecified atom stereocenters. The summed E-state index contributed by atoms with van der Waals surface area (Å²) in [7, 11) is 1.35. The van der Waals surface area contributed by atoms with Crippen LogP contribution >= 0.6 is 0 Å². The summed E-state index contributed by atoms with van der Waals surface area (Å²) in [6.07, 6.45) is 0. The lowest BCUT2D eigenvalue weighted by molar-refractivity contribution is -0.143. The van der Waals surface area contributed by atoms with Crippen molar-refractivity contribution in [2.75, 3.05) is 20.2 Å². The van der Waals surface area contributed by atoms with E-state index in [0.29, 0.717) is 6.54 Å². The number of benzene rings is 1. The molecule has 0 saturated heterocycles. The molecule has 0 aliphatic heterocycles. The zero-order chi connectivity index (χ0) is 13.4. The van der Waals surface area contributed by atoms with E-state index in [4.69, 9.17) is 10.3 Å². The minimum atomic E-state index is -0.538. The van der Waals surface area contributed by atoms with Gasteiger partial charge in [-0.3, -0.25) is 0 Å². The first-order valence-electron chi connectivity index (χ1n) is 5.57. The highest BCUT2D eigenvalue weighted by atomic mass is 16.5. The molecule has 0 aliphatic rings. The fraction of sp³-hybridized carbons (Fsp3) is 0.417. The zero-order valence-electron chi connectivity index (χ0n) is 10.5. The third-order valence-electron chi connectivity index (χ3n) is 2.44. The molecule has 1 aromatic rings. The number of esters is 1. The second kappa shape index (κ2) is 7.32. The highest BCUT2D eigenvalue weighted by Gasteiger charge is 2.20. The quantitative estimate of drug-likeness (QED) is 0.275. The topological polar surface area (TPSA) is 87.1 Å². The van der Waals surface area contributed by atoms with Crippen LogP contribution in [0.3, 0.4) is 0 Å². The van der Waals surface area contributed by atoms with Crippen molar-refractivity contribution in [2.24, 2.45) is 5.11 Å². The van der Waals surface area contributed by atoms with E-state index in [-0.39, 0.29) is 12.5 Å². The van der Waals surface area contributed by atoms with E-state index in [0.717, 1.165) is 11.1 Å². The molecule has 18 heavy (non-hydrogen) atoms. The summed E-state index contributed by atoms with van der Waals surface area (Å²) in [6, 6.07) is 7.08.